The van der Waals surface area contributed by atoms with Crippen molar-refractivity contribution < 1.29 is 9.59 Å². The van der Waals surface area contributed by atoms with E-state index in [-0.39, 0.29) is 36.5 Å². The maximum Gasteiger partial charge on any atom is 0.253 e. The van der Waals surface area contributed by atoms with Gasteiger partial charge >= 0.3 is 0 Å². The number of piperazine rings is 1. The Balaban J connectivity index is 0.00000193. The molecule has 0 bridgehead atoms. The van der Waals surface area contributed by atoms with Crippen molar-refractivity contribution in [1.82, 2.24) is 9.80 Å². The molecule has 4 nitrogen and oxygen atoms in total. The lowest BCUT2D eigenvalue weighted by Crippen LogP contribution is -2.49. The Bertz CT molecular complexity index is 1010. The topological polar surface area (TPSA) is 40.6 Å². The van der Waals surface area contributed by atoms with Crippen LogP contribution in [0.4, 0.5) is 0 Å². The van der Waals surface area contributed by atoms with Crippen molar-refractivity contribution in [3.8, 4) is 0 Å². The van der Waals surface area contributed by atoms with Crippen LogP contribution in [-0.4, -0.2) is 54.2 Å². The molecule has 0 unspecified atom stereocenters. The summed E-state index contributed by atoms with van der Waals surface area (Å²) < 4.78 is 0. The fraction of sp³-hybridized carbons (Fsp3) is 0.231. The zero-order chi connectivity index (χ0) is 21.5. The number of rotatable bonds is 7. The van der Waals surface area contributed by atoms with E-state index in [2.05, 4.69) is 17.0 Å². The Morgan fingerprint density at radius 1 is 0.667 bits per heavy atom. The highest BCUT2D eigenvalue weighted by atomic mass is 35.5. The molecule has 0 aromatic heterocycles. The highest BCUT2D eigenvalue weighted by Crippen LogP contribution is 2.27. The second-order valence-electron chi connectivity index (χ2n) is 7.61. The van der Waals surface area contributed by atoms with Crippen LogP contribution in [0.3, 0.4) is 0 Å². The summed E-state index contributed by atoms with van der Waals surface area (Å²) in [5.41, 5.74) is 1.50. The number of benzene rings is 3. The molecule has 0 radical (unpaired) electrons. The number of amides is 1. The normalized spacial score (nSPS) is 13.5. The zero-order valence-corrected chi connectivity index (χ0v) is 20.7. The van der Waals surface area contributed by atoms with Crippen LogP contribution in [0.2, 0.25) is 0 Å². The summed E-state index contributed by atoms with van der Waals surface area (Å²) in [6, 6.07) is 27.5. The van der Waals surface area contributed by atoms with Gasteiger partial charge in [-0.1, -0.05) is 60.3 Å². The predicted octanol–water partition coefficient (Wildman–Crippen LogP) is 5.71. The van der Waals surface area contributed by atoms with Gasteiger partial charge in [-0.05, 0) is 36.4 Å². The van der Waals surface area contributed by atoms with Crippen molar-refractivity contribution in [3.63, 3.8) is 0 Å². The van der Waals surface area contributed by atoms with Gasteiger partial charge in [-0.2, -0.15) is 0 Å². The van der Waals surface area contributed by atoms with E-state index >= 15 is 0 Å². The van der Waals surface area contributed by atoms with Crippen molar-refractivity contribution in [2.45, 2.75) is 16.2 Å². The molecule has 1 fully saturated rings. The first-order valence-corrected chi connectivity index (χ1v) is 11.4. The molecule has 0 spiro atoms. The van der Waals surface area contributed by atoms with Gasteiger partial charge in [-0.25, -0.2) is 0 Å². The molecule has 1 aliphatic rings. The van der Waals surface area contributed by atoms with Gasteiger partial charge in [0.05, 0.1) is 0 Å². The SMILES string of the molecule is Cl.Cl.O=C(CCN1CCN(C(=O)c2ccccc2)CC1)c1ccc(Sc2ccccc2)cc1. The maximum atomic E-state index is 12.6. The van der Waals surface area contributed by atoms with Crippen molar-refractivity contribution in [2.24, 2.45) is 0 Å². The first kappa shape index (κ1) is 26.9. The number of nitrogens with zero attached hydrogens (tertiary/aromatic N) is 2. The second-order valence-corrected chi connectivity index (χ2v) is 8.76. The average molecular weight is 503 g/mol. The molecule has 33 heavy (non-hydrogen) atoms. The van der Waals surface area contributed by atoms with Crippen molar-refractivity contribution in [2.75, 3.05) is 32.7 Å². The van der Waals surface area contributed by atoms with E-state index in [0.717, 1.165) is 35.7 Å². The number of hydrogen-bond acceptors (Lipinski definition) is 4. The van der Waals surface area contributed by atoms with Crippen molar-refractivity contribution in [3.05, 3.63) is 96.1 Å². The largest absolute Gasteiger partial charge is 0.336 e. The van der Waals surface area contributed by atoms with E-state index in [0.29, 0.717) is 19.5 Å². The highest BCUT2D eigenvalue weighted by molar-refractivity contribution is 7.99. The van der Waals surface area contributed by atoms with Crippen LogP contribution in [-0.2, 0) is 0 Å². The van der Waals surface area contributed by atoms with Crippen LogP contribution in [0.25, 0.3) is 0 Å². The zero-order valence-electron chi connectivity index (χ0n) is 18.3. The molecule has 1 saturated heterocycles. The van der Waals surface area contributed by atoms with E-state index < -0.39 is 0 Å². The smallest absolute Gasteiger partial charge is 0.253 e. The lowest BCUT2D eigenvalue weighted by atomic mass is 10.1. The summed E-state index contributed by atoms with van der Waals surface area (Å²) in [6.07, 6.45) is 0.498. The number of ketones is 1. The van der Waals surface area contributed by atoms with Gasteiger partial charge in [0.1, 0.15) is 0 Å². The van der Waals surface area contributed by atoms with Gasteiger partial charge in [0.15, 0.2) is 5.78 Å². The van der Waals surface area contributed by atoms with E-state index in [1.807, 2.05) is 77.7 Å². The molecule has 1 amide bonds. The molecule has 174 valence electrons. The summed E-state index contributed by atoms with van der Waals surface area (Å²) >= 11 is 1.69. The summed E-state index contributed by atoms with van der Waals surface area (Å²) in [6.45, 7) is 3.74. The molecule has 1 heterocycles. The third-order valence-electron chi connectivity index (χ3n) is 5.49. The van der Waals surface area contributed by atoms with Gasteiger partial charge < -0.3 is 4.90 Å². The fourth-order valence-corrected chi connectivity index (χ4v) is 4.51. The molecule has 0 atom stereocenters. The van der Waals surface area contributed by atoms with Crippen LogP contribution in [0.5, 0.6) is 0 Å². The maximum absolute atomic E-state index is 12.6. The molecule has 0 N–H and O–H groups in total. The minimum Gasteiger partial charge on any atom is -0.336 e. The Hall–Kier alpha value is -2.31. The number of carbonyl (C=O) groups is 2. The molecular weight excluding hydrogens is 475 g/mol. The quantitative estimate of drug-likeness (QED) is 0.387. The average Bonchev–Trinajstić information content (AvgIpc) is 2.84. The van der Waals surface area contributed by atoms with Crippen molar-refractivity contribution >= 4 is 48.3 Å². The van der Waals surface area contributed by atoms with Gasteiger partial charge in [-0.3, -0.25) is 14.5 Å². The van der Waals surface area contributed by atoms with E-state index in [1.54, 1.807) is 11.8 Å². The first-order chi connectivity index (χ1) is 15.2. The van der Waals surface area contributed by atoms with Gasteiger partial charge in [0.2, 0.25) is 0 Å². The Morgan fingerprint density at radius 2 is 1.21 bits per heavy atom. The lowest BCUT2D eigenvalue weighted by Gasteiger charge is -2.34. The van der Waals surface area contributed by atoms with Gasteiger partial charge in [-0.15, -0.1) is 24.8 Å². The number of Topliss-reactive ketones (excluding diaryl/α,β-unsaturated/α-hetero) is 1. The minimum atomic E-state index is 0. The molecule has 0 aliphatic carbocycles. The summed E-state index contributed by atoms with van der Waals surface area (Å²) in [4.78, 5) is 31.7. The third kappa shape index (κ3) is 7.61. The molecule has 7 heteroatoms. The summed E-state index contributed by atoms with van der Waals surface area (Å²) in [5, 5.41) is 0. The lowest BCUT2D eigenvalue weighted by molar-refractivity contribution is 0.0628. The van der Waals surface area contributed by atoms with E-state index in [1.165, 1.54) is 4.90 Å². The van der Waals surface area contributed by atoms with Crippen molar-refractivity contribution in [1.29, 1.82) is 0 Å². The van der Waals surface area contributed by atoms with Crippen LogP contribution < -0.4 is 0 Å². The predicted molar refractivity (Wildman–Crippen MR) is 139 cm³/mol. The number of halogens is 2. The summed E-state index contributed by atoms with van der Waals surface area (Å²) in [7, 11) is 0. The van der Waals surface area contributed by atoms with Crippen LogP contribution in [0, 0.1) is 0 Å². The molecule has 1 aliphatic heterocycles. The molecular formula is C26H28Cl2N2O2S. The van der Waals surface area contributed by atoms with Gasteiger partial charge in [0, 0.05) is 60.1 Å². The van der Waals surface area contributed by atoms with E-state index in [9.17, 15) is 9.59 Å². The monoisotopic (exact) mass is 502 g/mol. The van der Waals surface area contributed by atoms with Crippen LogP contribution in [0.1, 0.15) is 27.1 Å². The van der Waals surface area contributed by atoms with Crippen LogP contribution in [0.15, 0.2) is 94.7 Å². The molecule has 3 aromatic carbocycles. The number of hydrogen-bond donors (Lipinski definition) is 0. The van der Waals surface area contributed by atoms with Gasteiger partial charge in [0.25, 0.3) is 5.91 Å². The molecule has 4 rings (SSSR count). The minimum absolute atomic E-state index is 0. The Morgan fingerprint density at radius 3 is 1.82 bits per heavy atom. The number of carbonyl (C=O) groups excluding carboxylic acids is 2. The molecule has 3 aromatic rings. The van der Waals surface area contributed by atoms with E-state index in [4.69, 9.17) is 0 Å². The second kappa shape index (κ2) is 13.4. The third-order valence-corrected chi connectivity index (χ3v) is 6.51. The highest BCUT2D eigenvalue weighted by Gasteiger charge is 2.22. The standard InChI is InChI=1S/C26H26N2O2S.2ClH/c29-25(21-11-13-24(14-12-21)31-23-9-5-2-6-10-23)15-16-27-17-19-28(20-18-27)26(30)22-7-3-1-4-8-22;;/h1-14H,15-20H2;2*1H. The fourth-order valence-electron chi connectivity index (χ4n) is 3.68. The summed E-state index contributed by atoms with van der Waals surface area (Å²) in [5.74, 6) is 0.254. The first-order valence-electron chi connectivity index (χ1n) is 10.6. The Kier molecular flexibility index (Phi) is 10.9. The van der Waals surface area contributed by atoms with Crippen LogP contribution >= 0.6 is 36.6 Å². The Labute approximate surface area is 212 Å². The molecule has 0 saturated carbocycles.